The summed E-state index contributed by atoms with van der Waals surface area (Å²) < 4.78 is 15.0. The van der Waals surface area contributed by atoms with Crippen molar-refractivity contribution in [3.8, 4) is 6.07 Å². The zero-order valence-corrected chi connectivity index (χ0v) is 6.34. The van der Waals surface area contributed by atoms with Crippen molar-refractivity contribution in [2.45, 2.75) is 6.42 Å². The molecule has 1 saturated heterocycles. The van der Waals surface area contributed by atoms with Gasteiger partial charge in [0.05, 0.1) is 19.3 Å². The summed E-state index contributed by atoms with van der Waals surface area (Å²) in [5, 5.41) is 8.12. The average Bonchev–Trinajstić information content (AvgIpc) is 2.03. The smallest absolute Gasteiger partial charge is 0.312 e. The van der Waals surface area contributed by atoms with Crippen LogP contribution in [0.5, 0.6) is 0 Å². The number of nitrogens with zero attached hydrogens (tertiary/aromatic N) is 1. The molecule has 56 valence electrons. The molecule has 0 amide bonds. The lowest BCUT2D eigenvalue weighted by Gasteiger charge is -2.19. The predicted octanol–water partition coefficient (Wildman–Crippen LogP) is 1.19. The van der Waals surface area contributed by atoms with Crippen LogP contribution in [0.25, 0.3) is 0 Å². The molecule has 0 unspecified atom stereocenters. The molecule has 1 fully saturated rings. The van der Waals surface area contributed by atoms with Crippen LogP contribution in [-0.2, 0) is 13.6 Å². The molecule has 0 N–H and O–H groups in total. The van der Waals surface area contributed by atoms with Crippen molar-refractivity contribution in [2.75, 3.05) is 19.8 Å². The van der Waals surface area contributed by atoms with Crippen LogP contribution in [0.15, 0.2) is 0 Å². The third kappa shape index (κ3) is 2.59. The van der Waals surface area contributed by atoms with Crippen LogP contribution in [-0.4, -0.2) is 19.8 Å². The molecule has 1 rings (SSSR count). The monoisotopic (exact) mass is 161 g/mol. The van der Waals surface area contributed by atoms with Crippen LogP contribution in [0.1, 0.15) is 6.42 Å². The molecule has 0 spiro atoms. The second-order valence-electron chi connectivity index (χ2n) is 1.68. The summed E-state index contributed by atoms with van der Waals surface area (Å²) in [7, 11) is -1.20. The van der Waals surface area contributed by atoms with E-state index in [0.29, 0.717) is 13.2 Å². The molecule has 5 heteroatoms. The minimum atomic E-state index is -1.20. The zero-order chi connectivity index (χ0) is 7.23. The van der Waals surface area contributed by atoms with Gasteiger partial charge in [0.2, 0.25) is 0 Å². The molecule has 0 saturated carbocycles. The fraction of sp³-hybridized carbons (Fsp3) is 0.800. The van der Waals surface area contributed by atoms with Gasteiger partial charge in [0, 0.05) is 0 Å². The Balaban J connectivity index is 2.09. The molecule has 0 aromatic heterocycles. The maximum Gasteiger partial charge on any atom is 0.333 e. The maximum atomic E-state index is 8.12. The lowest BCUT2D eigenvalue weighted by atomic mass is 10.5. The molecular formula is C5H8NO3P. The second kappa shape index (κ2) is 4.59. The van der Waals surface area contributed by atoms with Crippen molar-refractivity contribution in [3.05, 3.63) is 0 Å². The van der Waals surface area contributed by atoms with Gasteiger partial charge < -0.3 is 9.05 Å². The van der Waals surface area contributed by atoms with E-state index < -0.39 is 8.60 Å². The summed E-state index contributed by atoms with van der Waals surface area (Å²) in [4.78, 5) is 0. The Kier molecular flexibility index (Phi) is 3.63. The fourth-order valence-corrected chi connectivity index (χ4v) is 1.47. The molecule has 0 aliphatic carbocycles. The molecule has 1 aliphatic heterocycles. The van der Waals surface area contributed by atoms with Crippen LogP contribution < -0.4 is 0 Å². The second-order valence-corrected chi connectivity index (χ2v) is 2.90. The van der Waals surface area contributed by atoms with Gasteiger partial charge >= 0.3 is 8.60 Å². The van der Waals surface area contributed by atoms with Crippen molar-refractivity contribution in [1.29, 1.82) is 5.26 Å². The quantitative estimate of drug-likeness (QED) is 0.571. The highest BCUT2D eigenvalue weighted by molar-refractivity contribution is 7.41. The summed E-state index contributed by atoms with van der Waals surface area (Å²) >= 11 is 0. The van der Waals surface area contributed by atoms with E-state index in [1.807, 2.05) is 6.07 Å². The van der Waals surface area contributed by atoms with Crippen molar-refractivity contribution in [2.24, 2.45) is 0 Å². The van der Waals surface area contributed by atoms with Crippen molar-refractivity contribution >= 4 is 8.60 Å². The summed E-state index contributed by atoms with van der Waals surface area (Å²) in [5.41, 5.74) is 0. The molecule has 0 radical (unpaired) electrons. The third-order valence-electron chi connectivity index (χ3n) is 0.917. The predicted molar refractivity (Wildman–Crippen MR) is 35.0 cm³/mol. The van der Waals surface area contributed by atoms with Gasteiger partial charge in [-0.1, -0.05) is 0 Å². The van der Waals surface area contributed by atoms with E-state index in [1.54, 1.807) is 0 Å². The summed E-state index contributed by atoms with van der Waals surface area (Å²) in [6, 6.07) is 1.85. The summed E-state index contributed by atoms with van der Waals surface area (Å²) in [5.74, 6) is 0. The first kappa shape index (κ1) is 7.90. The molecule has 0 bridgehead atoms. The van der Waals surface area contributed by atoms with Gasteiger partial charge in [-0.15, -0.1) is 0 Å². The Morgan fingerprint density at radius 1 is 1.50 bits per heavy atom. The van der Waals surface area contributed by atoms with E-state index in [4.69, 9.17) is 18.8 Å². The molecule has 10 heavy (non-hydrogen) atoms. The average molecular weight is 161 g/mol. The van der Waals surface area contributed by atoms with E-state index in [2.05, 4.69) is 0 Å². The van der Waals surface area contributed by atoms with E-state index in [1.165, 1.54) is 0 Å². The molecule has 1 heterocycles. The van der Waals surface area contributed by atoms with Crippen molar-refractivity contribution in [3.63, 3.8) is 0 Å². The van der Waals surface area contributed by atoms with E-state index >= 15 is 0 Å². The van der Waals surface area contributed by atoms with Gasteiger partial charge in [0.15, 0.2) is 0 Å². The summed E-state index contributed by atoms with van der Waals surface area (Å²) in [6.45, 7) is 1.40. The highest BCUT2D eigenvalue weighted by Gasteiger charge is 2.15. The first-order valence-corrected chi connectivity index (χ1v) is 4.09. The first-order valence-electron chi connectivity index (χ1n) is 2.99. The topological polar surface area (TPSA) is 51.5 Å². The molecule has 0 atom stereocenters. The SMILES string of the molecule is N#CCOP1OCCCO1. The highest BCUT2D eigenvalue weighted by Crippen LogP contribution is 2.41. The Hall–Kier alpha value is -0.200. The number of hydrogen-bond donors (Lipinski definition) is 0. The van der Waals surface area contributed by atoms with Crippen molar-refractivity contribution < 1.29 is 13.6 Å². The Labute approximate surface area is 60.7 Å². The van der Waals surface area contributed by atoms with Crippen LogP contribution in [0.3, 0.4) is 0 Å². The largest absolute Gasteiger partial charge is 0.333 e. The highest BCUT2D eigenvalue weighted by atomic mass is 31.2. The lowest BCUT2D eigenvalue weighted by Crippen LogP contribution is -2.06. The van der Waals surface area contributed by atoms with Crippen LogP contribution in [0.2, 0.25) is 0 Å². The Morgan fingerprint density at radius 3 is 2.80 bits per heavy atom. The normalized spacial score (nSPS) is 20.3. The van der Waals surface area contributed by atoms with Crippen LogP contribution in [0.4, 0.5) is 0 Å². The van der Waals surface area contributed by atoms with Gasteiger partial charge in [-0.25, -0.2) is 0 Å². The van der Waals surface area contributed by atoms with E-state index in [-0.39, 0.29) is 6.61 Å². The number of rotatable bonds is 2. The minimum Gasteiger partial charge on any atom is -0.312 e. The van der Waals surface area contributed by atoms with Gasteiger partial charge in [-0.2, -0.15) is 5.26 Å². The maximum absolute atomic E-state index is 8.12. The molecule has 0 aromatic rings. The standard InChI is InChI=1S/C5H8NO3P/c6-2-5-9-10-7-3-1-4-8-10/h1,3-5H2. The lowest BCUT2D eigenvalue weighted by molar-refractivity contribution is 0.123. The third-order valence-corrected chi connectivity index (χ3v) is 2.04. The van der Waals surface area contributed by atoms with Gasteiger partial charge in [-0.3, -0.25) is 4.52 Å². The van der Waals surface area contributed by atoms with Crippen LogP contribution >= 0.6 is 8.60 Å². The molecule has 4 nitrogen and oxygen atoms in total. The first-order chi connectivity index (χ1) is 4.93. The Bertz CT molecular complexity index is 129. The number of nitriles is 1. The van der Waals surface area contributed by atoms with Gasteiger partial charge in [-0.05, 0) is 6.42 Å². The zero-order valence-electron chi connectivity index (χ0n) is 5.45. The Morgan fingerprint density at radius 2 is 2.20 bits per heavy atom. The molecular weight excluding hydrogens is 153 g/mol. The van der Waals surface area contributed by atoms with Crippen molar-refractivity contribution in [1.82, 2.24) is 0 Å². The number of hydrogen-bond acceptors (Lipinski definition) is 4. The van der Waals surface area contributed by atoms with Crippen LogP contribution in [0, 0.1) is 11.3 Å². The van der Waals surface area contributed by atoms with Gasteiger partial charge in [0.1, 0.15) is 6.61 Å². The summed E-state index contributed by atoms with van der Waals surface area (Å²) in [6.07, 6.45) is 0.911. The van der Waals surface area contributed by atoms with E-state index in [0.717, 1.165) is 6.42 Å². The molecule has 0 aromatic carbocycles. The fourth-order valence-electron chi connectivity index (χ4n) is 0.530. The van der Waals surface area contributed by atoms with E-state index in [9.17, 15) is 0 Å². The molecule has 1 aliphatic rings. The van der Waals surface area contributed by atoms with Gasteiger partial charge in [0.25, 0.3) is 0 Å². The minimum absolute atomic E-state index is 0.0473.